The number of nitrogens with zero attached hydrogens (tertiary/aromatic N) is 1. The Morgan fingerprint density at radius 1 is 1.04 bits per heavy atom. The fraction of sp³-hybridized carbons (Fsp3) is 0.273. The summed E-state index contributed by atoms with van der Waals surface area (Å²) in [5.41, 5.74) is 7.30. The maximum absolute atomic E-state index is 12.6. The average molecular weight is 366 g/mol. The highest BCUT2D eigenvalue weighted by Crippen LogP contribution is 2.13. The highest BCUT2D eigenvalue weighted by Gasteiger charge is 2.12. The second kappa shape index (κ2) is 10.8. The van der Waals surface area contributed by atoms with E-state index < -0.39 is 5.91 Å². The van der Waals surface area contributed by atoms with Gasteiger partial charge in [-0.15, -0.1) is 0 Å². The predicted molar refractivity (Wildman–Crippen MR) is 107 cm³/mol. The molecular formula is C22H26N2O3. The number of hydrogen-bond donors (Lipinski definition) is 1. The molecule has 2 aromatic rings. The maximum Gasteiger partial charge on any atom is 0.246 e. The Hall–Kier alpha value is -3.08. The van der Waals surface area contributed by atoms with Crippen LogP contribution in [0, 0.1) is 0 Å². The van der Waals surface area contributed by atoms with Gasteiger partial charge in [0.25, 0.3) is 0 Å². The lowest BCUT2D eigenvalue weighted by Crippen LogP contribution is -2.34. The molecule has 0 heterocycles. The van der Waals surface area contributed by atoms with Crippen LogP contribution in [0.4, 0.5) is 0 Å². The molecule has 0 unspecified atom stereocenters. The monoisotopic (exact) mass is 366 g/mol. The van der Waals surface area contributed by atoms with Crippen molar-refractivity contribution < 1.29 is 14.3 Å². The Balaban J connectivity index is 1.99. The summed E-state index contributed by atoms with van der Waals surface area (Å²) in [6.45, 7) is 3.39. The van der Waals surface area contributed by atoms with E-state index in [2.05, 4.69) is 0 Å². The number of nitrogens with two attached hydrogens (primary N) is 1. The number of carbonyl (C=O) groups is 2. The van der Waals surface area contributed by atoms with Gasteiger partial charge >= 0.3 is 0 Å². The van der Waals surface area contributed by atoms with E-state index in [4.69, 9.17) is 10.5 Å². The molecule has 0 aliphatic heterocycles. The quantitative estimate of drug-likeness (QED) is 0.657. The zero-order chi connectivity index (χ0) is 19.5. The third-order valence-corrected chi connectivity index (χ3v) is 4.06. The topological polar surface area (TPSA) is 72.6 Å². The van der Waals surface area contributed by atoms with Gasteiger partial charge in [-0.1, -0.05) is 42.5 Å². The van der Waals surface area contributed by atoms with Crippen molar-refractivity contribution in [1.82, 2.24) is 4.90 Å². The first-order valence-corrected chi connectivity index (χ1v) is 9.10. The highest BCUT2D eigenvalue weighted by molar-refractivity contribution is 5.92. The largest absolute Gasteiger partial charge is 0.494 e. The lowest BCUT2D eigenvalue weighted by Gasteiger charge is -2.20. The first kappa shape index (κ1) is 20.2. The van der Waals surface area contributed by atoms with Crippen molar-refractivity contribution in [1.29, 1.82) is 0 Å². The fourth-order valence-corrected chi connectivity index (χ4v) is 2.60. The maximum atomic E-state index is 12.6. The summed E-state index contributed by atoms with van der Waals surface area (Å²) < 4.78 is 5.41. The van der Waals surface area contributed by atoms with Gasteiger partial charge in [0.2, 0.25) is 11.8 Å². The lowest BCUT2D eigenvalue weighted by molar-refractivity contribution is -0.126. The molecule has 5 heteroatoms. The van der Waals surface area contributed by atoms with Gasteiger partial charge in [-0.3, -0.25) is 9.59 Å². The molecule has 0 bridgehead atoms. The van der Waals surface area contributed by atoms with E-state index in [-0.39, 0.29) is 12.3 Å². The summed E-state index contributed by atoms with van der Waals surface area (Å²) in [7, 11) is 0. The SMILES string of the molecule is CCOc1ccc(/C=C/C(=O)N(CCC(N)=O)CCc2ccccc2)cc1. The summed E-state index contributed by atoms with van der Waals surface area (Å²) in [4.78, 5) is 25.4. The minimum Gasteiger partial charge on any atom is -0.494 e. The smallest absolute Gasteiger partial charge is 0.246 e. The molecule has 0 saturated carbocycles. The average Bonchev–Trinajstić information content (AvgIpc) is 2.68. The van der Waals surface area contributed by atoms with Crippen LogP contribution in [0.1, 0.15) is 24.5 Å². The van der Waals surface area contributed by atoms with E-state index in [1.54, 1.807) is 11.0 Å². The van der Waals surface area contributed by atoms with Crippen molar-refractivity contribution in [2.75, 3.05) is 19.7 Å². The Morgan fingerprint density at radius 3 is 2.37 bits per heavy atom. The van der Waals surface area contributed by atoms with Gasteiger partial charge in [0.1, 0.15) is 5.75 Å². The molecule has 0 aromatic heterocycles. The number of benzene rings is 2. The summed E-state index contributed by atoms with van der Waals surface area (Å²) in [5.74, 6) is 0.246. The molecule has 0 aliphatic rings. The van der Waals surface area contributed by atoms with Crippen LogP contribution in [-0.4, -0.2) is 36.4 Å². The molecule has 27 heavy (non-hydrogen) atoms. The first-order chi connectivity index (χ1) is 13.1. The molecule has 2 amide bonds. The van der Waals surface area contributed by atoms with E-state index in [9.17, 15) is 9.59 Å². The standard InChI is InChI=1S/C22H26N2O3/c1-2-27-20-11-8-19(9-12-20)10-13-22(26)24(17-15-21(23)25)16-14-18-6-4-3-5-7-18/h3-13H,2,14-17H2,1H3,(H2,23,25)/b13-10+. The predicted octanol–water partition coefficient (Wildman–Crippen LogP) is 3.05. The van der Waals surface area contributed by atoms with Crippen molar-refractivity contribution in [3.8, 4) is 5.75 Å². The Kier molecular flexibility index (Phi) is 8.10. The minimum atomic E-state index is -0.414. The second-order valence-electron chi connectivity index (χ2n) is 6.11. The van der Waals surface area contributed by atoms with Gasteiger partial charge in [0, 0.05) is 25.6 Å². The van der Waals surface area contributed by atoms with Crippen LogP contribution in [-0.2, 0) is 16.0 Å². The summed E-state index contributed by atoms with van der Waals surface area (Å²) in [5, 5.41) is 0. The van der Waals surface area contributed by atoms with Crippen LogP contribution in [0.5, 0.6) is 5.75 Å². The van der Waals surface area contributed by atoms with Gasteiger partial charge < -0.3 is 15.4 Å². The van der Waals surface area contributed by atoms with Crippen molar-refractivity contribution in [3.63, 3.8) is 0 Å². The van der Waals surface area contributed by atoms with Crippen LogP contribution in [0.15, 0.2) is 60.7 Å². The Labute approximate surface area is 160 Å². The van der Waals surface area contributed by atoms with Crippen LogP contribution in [0.2, 0.25) is 0 Å². The molecule has 2 rings (SSSR count). The van der Waals surface area contributed by atoms with E-state index in [0.717, 1.165) is 23.3 Å². The molecule has 2 aromatic carbocycles. The zero-order valence-corrected chi connectivity index (χ0v) is 15.6. The van der Waals surface area contributed by atoms with E-state index in [1.807, 2.05) is 61.5 Å². The molecule has 2 N–H and O–H groups in total. The Bertz CT molecular complexity index is 755. The molecule has 0 saturated heterocycles. The minimum absolute atomic E-state index is 0.138. The van der Waals surface area contributed by atoms with E-state index in [1.165, 1.54) is 6.08 Å². The number of amides is 2. The summed E-state index contributed by atoms with van der Waals surface area (Å²) >= 11 is 0. The first-order valence-electron chi connectivity index (χ1n) is 9.10. The van der Waals surface area contributed by atoms with Crippen LogP contribution < -0.4 is 10.5 Å². The molecule has 0 radical (unpaired) electrons. The second-order valence-corrected chi connectivity index (χ2v) is 6.11. The van der Waals surface area contributed by atoms with Crippen molar-refractivity contribution >= 4 is 17.9 Å². The fourth-order valence-electron chi connectivity index (χ4n) is 2.60. The summed E-state index contributed by atoms with van der Waals surface area (Å²) in [6.07, 6.45) is 4.17. The van der Waals surface area contributed by atoms with Gasteiger partial charge in [-0.05, 0) is 42.7 Å². The molecule has 142 valence electrons. The van der Waals surface area contributed by atoms with E-state index in [0.29, 0.717) is 19.7 Å². The molecule has 0 spiro atoms. The third-order valence-electron chi connectivity index (χ3n) is 4.06. The van der Waals surface area contributed by atoms with Gasteiger partial charge in [0.15, 0.2) is 0 Å². The van der Waals surface area contributed by atoms with Crippen molar-refractivity contribution in [2.45, 2.75) is 19.8 Å². The highest BCUT2D eigenvalue weighted by atomic mass is 16.5. The van der Waals surface area contributed by atoms with Gasteiger partial charge in [0.05, 0.1) is 6.61 Å². The Morgan fingerprint density at radius 2 is 1.74 bits per heavy atom. The zero-order valence-electron chi connectivity index (χ0n) is 15.6. The number of carbonyl (C=O) groups excluding carboxylic acids is 2. The number of primary amides is 1. The number of rotatable bonds is 10. The lowest BCUT2D eigenvalue weighted by atomic mass is 10.1. The normalized spacial score (nSPS) is 10.7. The van der Waals surface area contributed by atoms with Crippen LogP contribution in [0.25, 0.3) is 6.08 Å². The van der Waals surface area contributed by atoms with Crippen LogP contribution >= 0.6 is 0 Å². The van der Waals surface area contributed by atoms with Gasteiger partial charge in [-0.25, -0.2) is 0 Å². The molecular weight excluding hydrogens is 340 g/mol. The molecule has 0 aliphatic carbocycles. The van der Waals surface area contributed by atoms with Crippen molar-refractivity contribution in [3.05, 3.63) is 71.8 Å². The van der Waals surface area contributed by atoms with Crippen molar-refractivity contribution in [2.24, 2.45) is 5.73 Å². The van der Waals surface area contributed by atoms with Crippen LogP contribution in [0.3, 0.4) is 0 Å². The molecule has 0 atom stereocenters. The number of ether oxygens (including phenoxy) is 1. The molecule has 5 nitrogen and oxygen atoms in total. The van der Waals surface area contributed by atoms with E-state index >= 15 is 0 Å². The third kappa shape index (κ3) is 7.36. The summed E-state index contributed by atoms with van der Waals surface area (Å²) in [6, 6.07) is 17.5. The number of hydrogen-bond acceptors (Lipinski definition) is 3. The molecule has 0 fully saturated rings. The van der Waals surface area contributed by atoms with Gasteiger partial charge in [-0.2, -0.15) is 0 Å².